The van der Waals surface area contributed by atoms with Gasteiger partial charge in [0.2, 0.25) is 0 Å². The summed E-state index contributed by atoms with van der Waals surface area (Å²) in [4.78, 5) is 22.2. The summed E-state index contributed by atoms with van der Waals surface area (Å²) in [6, 6.07) is 0.572. The van der Waals surface area contributed by atoms with Crippen molar-refractivity contribution in [2.24, 2.45) is 0 Å². The van der Waals surface area contributed by atoms with E-state index in [-0.39, 0.29) is 12.5 Å². The minimum atomic E-state index is -1.42. The monoisotopic (exact) mass is 246 g/mol. The van der Waals surface area contributed by atoms with Crippen molar-refractivity contribution >= 4 is 11.9 Å². The lowest BCUT2D eigenvalue weighted by atomic mass is 10.2. The smallest absolute Gasteiger partial charge is 0.348 e. The summed E-state index contributed by atoms with van der Waals surface area (Å²) in [7, 11) is 0. The maximum Gasteiger partial charge on any atom is 0.348 e. The molecule has 0 saturated carbocycles. The van der Waals surface area contributed by atoms with Gasteiger partial charge in [0.05, 0.1) is 5.56 Å². The normalized spacial score (nSPS) is 10.1. The third kappa shape index (κ3) is 3.30. The van der Waals surface area contributed by atoms with Gasteiger partial charge in [-0.1, -0.05) is 6.92 Å². The first-order chi connectivity index (χ1) is 7.95. The van der Waals surface area contributed by atoms with E-state index in [1.165, 1.54) is 0 Å². The fourth-order valence-corrected chi connectivity index (χ4v) is 1.09. The van der Waals surface area contributed by atoms with Crippen LogP contribution >= 0.6 is 0 Å². The first-order valence-electron chi connectivity index (χ1n) is 4.85. The standard InChI is InChI=1S/C11H9F3O3/c1-2-3-10(15)17-11(16)6-4-8(13)9(14)5-7(6)12/h4-5H,2-3H2,1H3. The molecule has 0 aliphatic carbocycles. The molecule has 0 N–H and O–H groups in total. The SMILES string of the molecule is CCCC(=O)OC(=O)c1cc(F)c(F)cc1F. The maximum atomic E-state index is 13.1. The Morgan fingerprint density at radius 2 is 1.71 bits per heavy atom. The molecule has 0 saturated heterocycles. The molecule has 0 atom stereocenters. The quantitative estimate of drug-likeness (QED) is 0.467. The van der Waals surface area contributed by atoms with Gasteiger partial charge in [-0.15, -0.1) is 0 Å². The van der Waals surface area contributed by atoms with Crippen molar-refractivity contribution in [2.75, 3.05) is 0 Å². The molecule has 0 aliphatic rings. The van der Waals surface area contributed by atoms with Crippen molar-refractivity contribution < 1.29 is 27.5 Å². The van der Waals surface area contributed by atoms with Crippen LogP contribution in [0.5, 0.6) is 0 Å². The number of benzene rings is 1. The van der Waals surface area contributed by atoms with E-state index in [2.05, 4.69) is 4.74 Å². The summed E-state index contributed by atoms with van der Waals surface area (Å²) in [6.45, 7) is 1.68. The number of halogens is 3. The Bertz CT molecular complexity index is 458. The molecule has 0 aliphatic heterocycles. The van der Waals surface area contributed by atoms with E-state index in [0.29, 0.717) is 12.5 Å². The Labute approximate surface area is 95.2 Å². The molecule has 0 unspecified atom stereocenters. The summed E-state index contributed by atoms with van der Waals surface area (Å²) in [6.07, 6.45) is 0.434. The van der Waals surface area contributed by atoms with E-state index < -0.39 is 35.0 Å². The number of rotatable bonds is 3. The van der Waals surface area contributed by atoms with Gasteiger partial charge in [-0.3, -0.25) is 4.79 Å². The van der Waals surface area contributed by atoms with Crippen LogP contribution in [0.15, 0.2) is 12.1 Å². The van der Waals surface area contributed by atoms with Gasteiger partial charge in [-0.2, -0.15) is 0 Å². The molecular weight excluding hydrogens is 237 g/mol. The predicted octanol–water partition coefficient (Wildman–Crippen LogP) is 2.59. The van der Waals surface area contributed by atoms with Crippen LogP contribution in [-0.4, -0.2) is 11.9 Å². The molecule has 6 heteroatoms. The van der Waals surface area contributed by atoms with Gasteiger partial charge in [0.15, 0.2) is 11.6 Å². The van der Waals surface area contributed by atoms with Gasteiger partial charge in [0.25, 0.3) is 0 Å². The minimum absolute atomic E-state index is 0.0168. The van der Waals surface area contributed by atoms with Crippen LogP contribution in [0.4, 0.5) is 13.2 Å². The molecule has 0 spiro atoms. The summed E-state index contributed by atoms with van der Waals surface area (Å²) >= 11 is 0. The number of carbonyl (C=O) groups excluding carboxylic acids is 2. The Morgan fingerprint density at radius 1 is 1.12 bits per heavy atom. The van der Waals surface area contributed by atoms with Crippen molar-refractivity contribution in [1.82, 2.24) is 0 Å². The highest BCUT2D eigenvalue weighted by Gasteiger charge is 2.19. The van der Waals surface area contributed by atoms with E-state index in [1.807, 2.05) is 0 Å². The zero-order chi connectivity index (χ0) is 13.0. The molecule has 17 heavy (non-hydrogen) atoms. The van der Waals surface area contributed by atoms with Crippen LogP contribution in [0.2, 0.25) is 0 Å². The van der Waals surface area contributed by atoms with E-state index in [1.54, 1.807) is 6.92 Å². The molecule has 1 aromatic carbocycles. The minimum Gasteiger partial charge on any atom is -0.389 e. The lowest BCUT2D eigenvalue weighted by molar-refractivity contribution is -0.138. The second-order valence-electron chi connectivity index (χ2n) is 3.26. The molecule has 0 radical (unpaired) electrons. The number of hydrogen-bond acceptors (Lipinski definition) is 3. The van der Waals surface area contributed by atoms with Gasteiger partial charge in [0, 0.05) is 12.5 Å². The molecule has 0 bridgehead atoms. The number of ether oxygens (including phenoxy) is 1. The van der Waals surface area contributed by atoms with E-state index in [4.69, 9.17) is 0 Å². The molecule has 1 aromatic rings. The van der Waals surface area contributed by atoms with Crippen molar-refractivity contribution in [3.8, 4) is 0 Å². The van der Waals surface area contributed by atoms with Crippen LogP contribution in [0.3, 0.4) is 0 Å². The molecule has 0 fully saturated rings. The first-order valence-corrected chi connectivity index (χ1v) is 4.85. The Hall–Kier alpha value is -1.85. The van der Waals surface area contributed by atoms with Gasteiger partial charge in [0.1, 0.15) is 5.82 Å². The lowest BCUT2D eigenvalue weighted by Crippen LogP contribution is -2.14. The van der Waals surface area contributed by atoms with Crippen molar-refractivity contribution in [1.29, 1.82) is 0 Å². The molecular formula is C11H9F3O3. The van der Waals surface area contributed by atoms with Gasteiger partial charge in [-0.25, -0.2) is 18.0 Å². The van der Waals surface area contributed by atoms with Crippen LogP contribution in [-0.2, 0) is 9.53 Å². The highest BCUT2D eigenvalue weighted by Crippen LogP contribution is 2.15. The average Bonchev–Trinajstić information content (AvgIpc) is 2.23. The van der Waals surface area contributed by atoms with Crippen molar-refractivity contribution in [3.63, 3.8) is 0 Å². The molecule has 1 rings (SSSR count). The summed E-state index contributed by atoms with van der Waals surface area (Å²) in [5, 5.41) is 0. The molecule has 0 amide bonds. The maximum absolute atomic E-state index is 13.1. The van der Waals surface area contributed by atoms with Crippen LogP contribution in [0, 0.1) is 17.5 Å². The molecule has 3 nitrogen and oxygen atoms in total. The molecule has 0 aromatic heterocycles. The van der Waals surface area contributed by atoms with Gasteiger partial charge >= 0.3 is 11.9 Å². The van der Waals surface area contributed by atoms with Crippen LogP contribution in [0.1, 0.15) is 30.1 Å². The van der Waals surface area contributed by atoms with Crippen LogP contribution < -0.4 is 0 Å². The summed E-state index contributed by atoms with van der Waals surface area (Å²) in [5.41, 5.74) is -0.812. The number of carbonyl (C=O) groups is 2. The van der Waals surface area contributed by atoms with Gasteiger partial charge in [-0.05, 0) is 12.5 Å². The van der Waals surface area contributed by atoms with Crippen molar-refractivity contribution in [3.05, 3.63) is 35.1 Å². The number of esters is 2. The third-order valence-electron chi connectivity index (χ3n) is 1.89. The fourth-order valence-electron chi connectivity index (χ4n) is 1.09. The number of hydrogen-bond donors (Lipinski definition) is 0. The Morgan fingerprint density at radius 3 is 2.29 bits per heavy atom. The summed E-state index contributed by atoms with van der Waals surface area (Å²) < 4.78 is 42.7. The van der Waals surface area contributed by atoms with E-state index in [9.17, 15) is 22.8 Å². The Kier molecular flexibility index (Phi) is 4.25. The average molecular weight is 246 g/mol. The van der Waals surface area contributed by atoms with Crippen LogP contribution in [0.25, 0.3) is 0 Å². The van der Waals surface area contributed by atoms with E-state index >= 15 is 0 Å². The van der Waals surface area contributed by atoms with Gasteiger partial charge < -0.3 is 4.74 Å². The fraction of sp³-hybridized carbons (Fsp3) is 0.273. The first kappa shape index (κ1) is 13.2. The zero-order valence-corrected chi connectivity index (χ0v) is 8.93. The predicted molar refractivity (Wildman–Crippen MR) is 51.6 cm³/mol. The topological polar surface area (TPSA) is 43.4 Å². The Balaban J connectivity index is 2.89. The lowest BCUT2D eigenvalue weighted by Gasteiger charge is -2.03. The second-order valence-corrected chi connectivity index (χ2v) is 3.26. The van der Waals surface area contributed by atoms with Crippen molar-refractivity contribution in [2.45, 2.75) is 19.8 Å². The highest BCUT2D eigenvalue weighted by atomic mass is 19.2. The molecule has 92 valence electrons. The third-order valence-corrected chi connectivity index (χ3v) is 1.89. The van der Waals surface area contributed by atoms with E-state index in [0.717, 1.165) is 0 Å². The molecule has 0 heterocycles. The second kappa shape index (κ2) is 5.47. The largest absolute Gasteiger partial charge is 0.389 e. The zero-order valence-electron chi connectivity index (χ0n) is 8.93. The highest BCUT2D eigenvalue weighted by molar-refractivity contribution is 5.96. The summed E-state index contributed by atoms with van der Waals surface area (Å²) in [5.74, 6) is -6.26.